The van der Waals surface area contributed by atoms with E-state index in [0.717, 1.165) is 10.6 Å². The Hall–Kier alpha value is -2.05. The van der Waals surface area contributed by atoms with E-state index in [1.165, 1.54) is 34.2 Å². The van der Waals surface area contributed by atoms with Crippen LogP contribution in [0.15, 0.2) is 66.7 Å². The van der Waals surface area contributed by atoms with Crippen molar-refractivity contribution in [1.82, 2.24) is 0 Å². The summed E-state index contributed by atoms with van der Waals surface area (Å²) in [5.41, 5.74) is 8.36. The van der Waals surface area contributed by atoms with Crippen LogP contribution in [-0.4, -0.2) is 0 Å². The minimum absolute atomic E-state index is 0.209. The average molecular weight is 389 g/mol. The van der Waals surface area contributed by atoms with E-state index in [9.17, 15) is 0 Å². The first-order valence-electron chi connectivity index (χ1n) is 10.2. The van der Waals surface area contributed by atoms with E-state index in [2.05, 4.69) is 83.1 Å². The second-order valence-electron chi connectivity index (χ2n) is 9.56. The lowest BCUT2D eigenvalue weighted by Crippen LogP contribution is -2.40. The van der Waals surface area contributed by atoms with Crippen LogP contribution in [-0.2, 0) is 10.8 Å². The van der Waals surface area contributed by atoms with Crippen molar-refractivity contribution in [3.05, 3.63) is 82.9 Å². The molecule has 0 aliphatic heterocycles. The van der Waals surface area contributed by atoms with E-state index in [1.807, 2.05) is 18.2 Å². The first-order valence-corrected chi connectivity index (χ1v) is 10.6. The first kappa shape index (κ1) is 19.3. The summed E-state index contributed by atoms with van der Waals surface area (Å²) >= 11 is 6.15. The number of rotatable bonds is 2. The van der Waals surface area contributed by atoms with E-state index in [-0.39, 0.29) is 10.8 Å². The van der Waals surface area contributed by atoms with Crippen molar-refractivity contribution >= 4 is 11.6 Å². The normalized spacial score (nSPS) is 19.9. The van der Waals surface area contributed by atoms with Crippen LogP contribution in [0.3, 0.4) is 0 Å². The van der Waals surface area contributed by atoms with Gasteiger partial charge >= 0.3 is 0 Å². The predicted octanol–water partition coefficient (Wildman–Crippen LogP) is 8.27. The molecule has 0 spiro atoms. The third-order valence-electron chi connectivity index (χ3n) is 6.87. The third kappa shape index (κ3) is 3.29. The summed E-state index contributed by atoms with van der Waals surface area (Å²) in [6, 6.07) is 24.0. The highest BCUT2D eigenvalue weighted by Gasteiger charge is 2.41. The second-order valence-corrected chi connectivity index (χ2v) is 10.00. The molecule has 0 saturated heterocycles. The zero-order valence-corrected chi connectivity index (χ0v) is 18.3. The molecule has 1 unspecified atom stereocenters. The highest BCUT2D eigenvalue weighted by Crippen LogP contribution is 2.49. The molecular formula is C27H29Cl. The maximum absolute atomic E-state index is 6.15. The Morgan fingerprint density at radius 1 is 0.714 bits per heavy atom. The Kier molecular flexibility index (Phi) is 4.67. The molecule has 3 aromatic carbocycles. The van der Waals surface area contributed by atoms with Gasteiger partial charge < -0.3 is 0 Å². The van der Waals surface area contributed by atoms with Crippen LogP contribution in [0.25, 0.3) is 22.3 Å². The Bertz CT molecular complexity index is 1010. The average Bonchev–Trinajstić information content (AvgIpc) is 2.66. The van der Waals surface area contributed by atoms with Crippen LogP contribution in [0.1, 0.15) is 52.2 Å². The van der Waals surface area contributed by atoms with Gasteiger partial charge in [-0.05, 0) is 68.7 Å². The monoisotopic (exact) mass is 388 g/mol. The van der Waals surface area contributed by atoms with Gasteiger partial charge in [0.2, 0.25) is 0 Å². The molecule has 0 N–H and O–H groups in total. The maximum Gasteiger partial charge on any atom is 0.0412 e. The highest BCUT2D eigenvalue weighted by molar-refractivity contribution is 6.30. The smallest absolute Gasteiger partial charge is 0.0412 e. The lowest BCUT2D eigenvalue weighted by molar-refractivity contribution is 0.233. The van der Waals surface area contributed by atoms with Gasteiger partial charge in [-0.15, -0.1) is 0 Å². The van der Waals surface area contributed by atoms with E-state index >= 15 is 0 Å². The minimum atomic E-state index is 0.209. The number of fused-ring (bicyclic) bond motifs is 1. The summed E-state index contributed by atoms with van der Waals surface area (Å²) in [5.74, 6) is 0.679. The predicted molar refractivity (Wildman–Crippen MR) is 122 cm³/mol. The van der Waals surface area contributed by atoms with Crippen LogP contribution in [0, 0.1) is 5.92 Å². The highest BCUT2D eigenvalue weighted by atomic mass is 35.5. The number of benzene rings is 3. The molecular weight excluding hydrogens is 360 g/mol. The van der Waals surface area contributed by atoms with Gasteiger partial charge in [-0.2, -0.15) is 0 Å². The van der Waals surface area contributed by atoms with Gasteiger partial charge in [-0.3, -0.25) is 0 Å². The molecule has 1 aliphatic carbocycles. The van der Waals surface area contributed by atoms with Crippen molar-refractivity contribution in [3.63, 3.8) is 0 Å². The van der Waals surface area contributed by atoms with Gasteiger partial charge in [-0.25, -0.2) is 0 Å². The van der Waals surface area contributed by atoms with Gasteiger partial charge in [0, 0.05) is 5.02 Å². The Balaban J connectivity index is 1.73. The lowest BCUT2D eigenvalue weighted by Gasteiger charge is -2.46. The maximum atomic E-state index is 6.15. The third-order valence-corrected chi connectivity index (χ3v) is 7.10. The van der Waals surface area contributed by atoms with E-state index < -0.39 is 0 Å². The van der Waals surface area contributed by atoms with Crippen LogP contribution in [0.5, 0.6) is 0 Å². The van der Waals surface area contributed by atoms with Crippen molar-refractivity contribution in [3.8, 4) is 22.3 Å². The summed E-state index contributed by atoms with van der Waals surface area (Å²) in [7, 11) is 0. The number of halogens is 1. The molecule has 0 bridgehead atoms. The standard InChI is InChI=1S/C27H29Cl/c1-18-17-26(2,3)25-16-22(13-14-24(25)27(18,4)5)20-11-9-19(10-12-20)21-7-6-8-23(28)15-21/h6-16,18H,17H2,1-5H3. The van der Waals surface area contributed by atoms with Crippen LogP contribution >= 0.6 is 11.6 Å². The topological polar surface area (TPSA) is 0 Å². The summed E-state index contributed by atoms with van der Waals surface area (Å²) < 4.78 is 0. The first-order chi connectivity index (χ1) is 13.2. The second kappa shape index (κ2) is 6.78. The lowest BCUT2D eigenvalue weighted by atomic mass is 9.58. The van der Waals surface area contributed by atoms with Gasteiger partial charge in [0.05, 0.1) is 0 Å². The quantitative estimate of drug-likeness (QED) is 0.414. The Morgan fingerprint density at radius 2 is 1.29 bits per heavy atom. The summed E-state index contributed by atoms with van der Waals surface area (Å²) in [6.07, 6.45) is 1.23. The SMILES string of the molecule is CC1CC(C)(C)c2cc(-c3ccc(-c4cccc(Cl)c4)cc3)ccc2C1(C)C. The fourth-order valence-electron chi connectivity index (χ4n) is 4.76. The summed E-state index contributed by atoms with van der Waals surface area (Å²) in [5, 5.41) is 0.773. The van der Waals surface area contributed by atoms with Crippen molar-refractivity contribution in [2.45, 2.75) is 51.9 Å². The molecule has 0 fully saturated rings. The molecule has 144 valence electrons. The molecule has 3 aromatic rings. The molecule has 0 aromatic heterocycles. The molecule has 4 rings (SSSR count). The summed E-state index contributed by atoms with van der Waals surface area (Å²) in [4.78, 5) is 0. The molecule has 0 amide bonds. The van der Waals surface area contributed by atoms with Crippen LogP contribution in [0.2, 0.25) is 5.02 Å². The molecule has 1 aliphatic rings. The van der Waals surface area contributed by atoms with E-state index in [0.29, 0.717) is 5.92 Å². The van der Waals surface area contributed by atoms with Gasteiger partial charge in [0.25, 0.3) is 0 Å². The molecule has 0 radical (unpaired) electrons. The van der Waals surface area contributed by atoms with Crippen molar-refractivity contribution < 1.29 is 0 Å². The van der Waals surface area contributed by atoms with Crippen molar-refractivity contribution in [2.24, 2.45) is 5.92 Å². The molecule has 0 saturated carbocycles. The van der Waals surface area contributed by atoms with Gasteiger partial charge in [-0.1, -0.05) is 101 Å². The largest absolute Gasteiger partial charge is 0.0843 e. The molecule has 1 heteroatoms. The number of hydrogen-bond acceptors (Lipinski definition) is 0. The van der Waals surface area contributed by atoms with Gasteiger partial charge in [0.1, 0.15) is 0 Å². The Labute approximate surface area is 174 Å². The zero-order chi connectivity index (χ0) is 20.1. The fraction of sp³-hybridized carbons (Fsp3) is 0.333. The molecule has 1 atom stereocenters. The summed E-state index contributed by atoms with van der Waals surface area (Å²) in [6.45, 7) is 12.0. The van der Waals surface area contributed by atoms with E-state index in [4.69, 9.17) is 11.6 Å². The zero-order valence-electron chi connectivity index (χ0n) is 17.5. The molecule has 0 nitrogen and oxygen atoms in total. The fourth-order valence-corrected chi connectivity index (χ4v) is 4.96. The van der Waals surface area contributed by atoms with Gasteiger partial charge in [0.15, 0.2) is 0 Å². The van der Waals surface area contributed by atoms with Crippen molar-refractivity contribution in [2.75, 3.05) is 0 Å². The van der Waals surface area contributed by atoms with Crippen LogP contribution in [0.4, 0.5) is 0 Å². The molecule has 28 heavy (non-hydrogen) atoms. The molecule has 0 heterocycles. The van der Waals surface area contributed by atoms with Crippen LogP contribution < -0.4 is 0 Å². The van der Waals surface area contributed by atoms with E-state index in [1.54, 1.807) is 0 Å². The Morgan fingerprint density at radius 3 is 1.89 bits per heavy atom. The number of hydrogen-bond donors (Lipinski definition) is 0. The minimum Gasteiger partial charge on any atom is -0.0843 e. The van der Waals surface area contributed by atoms with Crippen molar-refractivity contribution in [1.29, 1.82) is 0 Å².